The fourth-order valence-corrected chi connectivity index (χ4v) is 1.74. The van der Waals surface area contributed by atoms with Gasteiger partial charge in [-0.3, -0.25) is 0 Å². The molecule has 0 aromatic rings. The first-order valence-corrected chi connectivity index (χ1v) is 6.67. The van der Waals surface area contributed by atoms with Crippen molar-refractivity contribution in [1.82, 2.24) is 5.32 Å². The van der Waals surface area contributed by atoms with Crippen molar-refractivity contribution in [3.05, 3.63) is 0 Å². The average Bonchev–Trinajstić information content (AvgIpc) is 2.33. The molecular weight excluding hydrogens is 259 g/mol. The van der Waals surface area contributed by atoms with Crippen LogP contribution in [0.5, 0.6) is 0 Å². The van der Waals surface area contributed by atoms with E-state index < -0.39 is 12.8 Å². The summed E-state index contributed by atoms with van der Waals surface area (Å²) in [6.45, 7) is 5.53. The molecule has 0 spiro atoms. The van der Waals surface area contributed by atoms with Crippen LogP contribution in [-0.2, 0) is 9.47 Å². The van der Waals surface area contributed by atoms with Crippen LogP contribution in [0.4, 0.5) is 13.2 Å². The van der Waals surface area contributed by atoms with Gasteiger partial charge in [-0.25, -0.2) is 0 Å². The van der Waals surface area contributed by atoms with Crippen molar-refractivity contribution in [2.24, 2.45) is 5.41 Å². The minimum Gasteiger partial charge on any atom is -0.383 e. The molecule has 3 nitrogen and oxygen atoms in total. The Kier molecular flexibility index (Phi) is 9.39. The van der Waals surface area contributed by atoms with Gasteiger partial charge in [0.05, 0.1) is 6.61 Å². The van der Waals surface area contributed by atoms with E-state index in [2.05, 4.69) is 23.9 Å². The maximum Gasteiger partial charge on any atom is 0.411 e. The topological polar surface area (TPSA) is 30.5 Å². The lowest BCUT2D eigenvalue weighted by Gasteiger charge is -2.28. The van der Waals surface area contributed by atoms with E-state index in [9.17, 15) is 13.2 Å². The molecule has 0 aromatic carbocycles. The molecular formula is C13H26F3NO2. The third-order valence-corrected chi connectivity index (χ3v) is 3.22. The van der Waals surface area contributed by atoms with Gasteiger partial charge in [-0.2, -0.15) is 13.2 Å². The molecule has 0 fully saturated rings. The van der Waals surface area contributed by atoms with Gasteiger partial charge in [0.15, 0.2) is 0 Å². The Labute approximate surface area is 113 Å². The number of nitrogens with one attached hydrogen (secondary N) is 1. The third kappa shape index (κ3) is 11.2. The molecule has 1 atom stereocenters. The maximum atomic E-state index is 11.9. The Balaban J connectivity index is 3.72. The van der Waals surface area contributed by atoms with E-state index in [0.29, 0.717) is 13.0 Å². The van der Waals surface area contributed by atoms with Crippen LogP contribution in [0, 0.1) is 5.41 Å². The molecule has 0 amide bonds. The summed E-state index contributed by atoms with van der Waals surface area (Å²) >= 11 is 0. The monoisotopic (exact) mass is 285 g/mol. The largest absolute Gasteiger partial charge is 0.411 e. The van der Waals surface area contributed by atoms with Gasteiger partial charge in [-0.1, -0.05) is 13.8 Å². The standard InChI is InChI=1S/C13H26F3NO2/c1-4-12(2,10-17-7-9-18-3)6-5-8-19-11-13(14,15)16/h17H,4-11H2,1-3H3. The molecule has 0 heterocycles. The second kappa shape index (κ2) is 9.55. The molecule has 0 aromatic heterocycles. The lowest BCUT2D eigenvalue weighted by atomic mass is 9.83. The maximum absolute atomic E-state index is 11.9. The lowest BCUT2D eigenvalue weighted by molar-refractivity contribution is -0.174. The van der Waals surface area contributed by atoms with Crippen LogP contribution in [0.1, 0.15) is 33.1 Å². The summed E-state index contributed by atoms with van der Waals surface area (Å²) in [6, 6.07) is 0. The summed E-state index contributed by atoms with van der Waals surface area (Å²) in [5.41, 5.74) is 0.0926. The van der Waals surface area contributed by atoms with E-state index in [-0.39, 0.29) is 12.0 Å². The molecule has 0 radical (unpaired) electrons. The predicted octanol–water partition coefficient (Wildman–Crippen LogP) is 3.00. The highest BCUT2D eigenvalue weighted by molar-refractivity contribution is 4.75. The summed E-state index contributed by atoms with van der Waals surface area (Å²) in [4.78, 5) is 0. The number of ether oxygens (including phenoxy) is 2. The fourth-order valence-electron chi connectivity index (χ4n) is 1.74. The van der Waals surface area contributed by atoms with Gasteiger partial charge in [-0.15, -0.1) is 0 Å². The number of alkyl halides is 3. The van der Waals surface area contributed by atoms with Crippen LogP contribution in [0.15, 0.2) is 0 Å². The highest BCUT2D eigenvalue weighted by Gasteiger charge is 2.27. The second-order valence-corrected chi connectivity index (χ2v) is 5.11. The van der Waals surface area contributed by atoms with Crippen molar-refractivity contribution in [2.45, 2.75) is 39.3 Å². The number of rotatable bonds is 11. The zero-order chi connectivity index (χ0) is 14.8. The summed E-state index contributed by atoms with van der Waals surface area (Å²) in [6.07, 6.45) is -1.75. The molecule has 0 saturated carbocycles. The Hall–Kier alpha value is -0.330. The van der Waals surface area contributed by atoms with Gasteiger partial charge in [0.1, 0.15) is 6.61 Å². The highest BCUT2D eigenvalue weighted by atomic mass is 19.4. The molecule has 6 heteroatoms. The van der Waals surface area contributed by atoms with Crippen molar-refractivity contribution in [2.75, 3.05) is 40.0 Å². The first-order chi connectivity index (χ1) is 8.83. The zero-order valence-corrected chi connectivity index (χ0v) is 12.1. The molecule has 19 heavy (non-hydrogen) atoms. The van der Waals surface area contributed by atoms with E-state index in [1.54, 1.807) is 7.11 Å². The summed E-state index contributed by atoms with van der Waals surface area (Å²) in [7, 11) is 1.65. The van der Waals surface area contributed by atoms with E-state index >= 15 is 0 Å². The SMILES string of the molecule is CCC(C)(CCCOCC(F)(F)F)CNCCOC. The first kappa shape index (κ1) is 18.7. The van der Waals surface area contributed by atoms with Gasteiger partial charge in [0, 0.05) is 26.8 Å². The minimum atomic E-state index is -4.23. The van der Waals surface area contributed by atoms with Crippen LogP contribution in [0.25, 0.3) is 0 Å². The predicted molar refractivity (Wildman–Crippen MR) is 69.3 cm³/mol. The molecule has 1 N–H and O–H groups in total. The number of hydrogen-bond donors (Lipinski definition) is 1. The number of halogens is 3. The van der Waals surface area contributed by atoms with E-state index in [1.165, 1.54) is 0 Å². The molecule has 0 aliphatic rings. The third-order valence-electron chi connectivity index (χ3n) is 3.22. The molecule has 116 valence electrons. The molecule has 1 unspecified atom stereocenters. The van der Waals surface area contributed by atoms with Gasteiger partial charge in [-0.05, 0) is 24.7 Å². The molecule has 0 rings (SSSR count). The van der Waals surface area contributed by atoms with Crippen molar-refractivity contribution >= 4 is 0 Å². The van der Waals surface area contributed by atoms with Crippen LogP contribution in [-0.4, -0.2) is 46.2 Å². The Morgan fingerprint density at radius 1 is 1.16 bits per heavy atom. The van der Waals surface area contributed by atoms with Gasteiger partial charge in [0.25, 0.3) is 0 Å². The van der Waals surface area contributed by atoms with Crippen molar-refractivity contribution < 1.29 is 22.6 Å². The van der Waals surface area contributed by atoms with Gasteiger partial charge < -0.3 is 14.8 Å². The molecule has 0 aliphatic heterocycles. The summed E-state index contributed by atoms with van der Waals surface area (Å²) in [5, 5.41) is 3.30. The van der Waals surface area contributed by atoms with E-state index in [1.807, 2.05) is 0 Å². The van der Waals surface area contributed by atoms with Gasteiger partial charge in [0.2, 0.25) is 0 Å². The van der Waals surface area contributed by atoms with Crippen molar-refractivity contribution in [1.29, 1.82) is 0 Å². The highest BCUT2D eigenvalue weighted by Crippen LogP contribution is 2.26. The summed E-state index contributed by atoms with van der Waals surface area (Å²) < 4.78 is 45.2. The second-order valence-electron chi connectivity index (χ2n) is 5.11. The molecule has 0 aliphatic carbocycles. The molecule has 0 saturated heterocycles. The minimum absolute atomic E-state index is 0.0926. The Bertz CT molecular complexity index is 224. The first-order valence-electron chi connectivity index (χ1n) is 6.67. The average molecular weight is 285 g/mol. The van der Waals surface area contributed by atoms with Crippen LogP contribution in [0.2, 0.25) is 0 Å². The normalized spacial score (nSPS) is 15.5. The van der Waals surface area contributed by atoms with Crippen LogP contribution in [0.3, 0.4) is 0 Å². The number of hydrogen-bond acceptors (Lipinski definition) is 3. The van der Waals surface area contributed by atoms with Crippen molar-refractivity contribution in [3.8, 4) is 0 Å². The van der Waals surface area contributed by atoms with Gasteiger partial charge >= 0.3 is 6.18 Å². The fraction of sp³-hybridized carbons (Fsp3) is 1.00. The zero-order valence-electron chi connectivity index (χ0n) is 12.1. The Morgan fingerprint density at radius 2 is 1.84 bits per heavy atom. The smallest absolute Gasteiger partial charge is 0.383 e. The Morgan fingerprint density at radius 3 is 2.37 bits per heavy atom. The van der Waals surface area contributed by atoms with Crippen LogP contribution >= 0.6 is 0 Å². The number of methoxy groups -OCH3 is 1. The van der Waals surface area contributed by atoms with Crippen molar-refractivity contribution in [3.63, 3.8) is 0 Å². The quantitative estimate of drug-likeness (QED) is 0.592. The summed E-state index contributed by atoms with van der Waals surface area (Å²) in [5.74, 6) is 0. The van der Waals surface area contributed by atoms with E-state index in [0.717, 1.165) is 25.9 Å². The lowest BCUT2D eigenvalue weighted by Crippen LogP contribution is -2.33. The van der Waals surface area contributed by atoms with E-state index in [4.69, 9.17) is 4.74 Å². The van der Waals surface area contributed by atoms with Crippen LogP contribution < -0.4 is 5.32 Å². The molecule has 0 bridgehead atoms.